The summed E-state index contributed by atoms with van der Waals surface area (Å²) in [6.45, 7) is 0. The number of carboxylic acid groups (broad SMARTS) is 1. The minimum Gasteiger partial charge on any atom is -0.480 e. The van der Waals surface area contributed by atoms with E-state index < -0.39 is 12.0 Å². The van der Waals surface area contributed by atoms with E-state index in [-0.39, 0.29) is 5.37 Å². The molecule has 0 spiro atoms. The van der Waals surface area contributed by atoms with Crippen LogP contribution in [0.1, 0.15) is 10.9 Å². The fraction of sp³-hybridized carbons (Fsp3) is 0.188. The molecular weight excluding hydrogens is 286 g/mol. The van der Waals surface area contributed by atoms with Crippen LogP contribution in [-0.4, -0.2) is 22.9 Å². The Morgan fingerprint density at radius 2 is 2.00 bits per heavy atom. The normalized spacial score (nSPS) is 22.1. The maximum atomic E-state index is 11.1. The standard InChI is InChI=1S/C16H13NO3S/c18-16(19)12-8-21-15(17-12)11-6-3-5-10-9-4-1-2-7-13(9)20-14(10)11/h1-7,12,15,17H,8H2,(H,18,19). The Morgan fingerprint density at radius 3 is 2.81 bits per heavy atom. The average Bonchev–Trinajstić information content (AvgIpc) is 3.11. The van der Waals surface area contributed by atoms with Crippen molar-refractivity contribution in [2.75, 3.05) is 5.75 Å². The molecule has 1 aliphatic rings. The molecule has 0 amide bonds. The molecular formula is C16H13NO3S. The van der Waals surface area contributed by atoms with Crippen molar-refractivity contribution in [1.82, 2.24) is 5.32 Å². The van der Waals surface area contributed by atoms with Crippen molar-refractivity contribution in [2.24, 2.45) is 0 Å². The van der Waals surface area contributed by atoms with Crippen LogP contribution >= 0.6 is 11.8 Å². The van der Waals surface area contributed by atoms with Gasteiger partial charge in [-0.2, -0.15) is 0 Å². The van der Waals surface area contributed by atoms with Crippen LogP contribution in [0.25, 0.3) is 21.9 Å². The molecule has 2 aromatic carbocycles. The lowest BCUT2D eigenvalue weighted by molar-refractivity contribution is -0.138. The maximum Gasteiger partial charge on any atom is 0.321 e. The SMILES string of the molecule is O=C(O)C1CSC(c2cccc3c2oc2ccccc23)N1. The number of thioether (sulfide) groups is 1. The van der Waals surface area contributed by atoms with Gasteiger partial charge in [0.1, 0.15) is 17.2 Å². The lowest BCUT2D eigenvalue weighted by atomic mass is 10.1. The lowest BCUT2D eigenvalue weighted by Crippen LogP contribution is -2.33. The van der Waals surface area contributed by atoms with E-state index in [0.717, 1.165) is 27.5 Å². The number of nitrogens with one attached hydrogen (secondary N) is 1. The number of furan rings is 1. The van der Waals surface area contributed by atoms with Crippen molar-refractivity contribution >= 4 is 39.7 Å². The molecule has 2 heterocycles. The van der Waals surface area contributed by atoms with Crippen molar-refractivity contribution in [3.8, 4) is 0 Å². The maximum absolute atomic E-state index is 11.1. The summed E-state index contributed by atoms with van der Waals surface area (Å²) in [7, 11) is 0. The highest BCUT2D eigenvalue weighted by atomic mass is 32.2. The number of carboxylic acids is 1. The van der Waals surface area contributed by atoms with Gasteiger partial charge in [0.15, 0.2) is 0 Å². The summed E-state index contributed by atoms with van der Waals surface area (Å²) in [6, 6.07) is 13.5. The molecule has 1 saturated heterocycles. The highest BCUT2D eigenvalue weighted by Crippen LogP contribution is 2.39. The van der Waals surface area contributed by atoms with Crippen LogP contribution in [-0.2, 0) is 4.79 Å². The van der Waals surface area contributed by atoms with E-state index in [9.17, 15) is 4.79 Å². The quantitative estimate of drug-likeness (QED) is 0.759. The van der Waals surface area contributed by atoms with E-state index in [1.165, 1.54) is 0 Å². The Bertz CT molecular complexity index is 842. The molecule has 21 heavy (non-hydrogen) atoms. The smallest absolute Gasteiger partial charge is 0.321 e. The monoisotopic (exact) mass is 299 g/mol. The molecule has 1 fully saturated rings. The highest BCUT2D eigenvalue weighted by molar-refractivity contribution is 7.99. The summed E-state index contributed by atoms with van der Waals surface area (Å²) in [4.78, 5) is 11.1. The van der Waals surface area contributed by atoms with Crippen LogP contribution in [0.5, 0.6) is 0 Å². The van der Waals surface area contributed by atoms with Gasteiger partial charge in [-0.15, -0.1) is 11.8 Å². The van der Waals surface area contributed by atoms with Gasteiger partial charge in [-0.1, -0.05) is 36.4 Å². The van der Waals surface area contributed by atoms with Gasteiger partial charge in [-0.05, 0) is 6.07 Å². The third-order valence-electron chi connectivity index (χ3n) is 3.80. The predicted octanol–water partition coefficient (Wildman–Crippen LogP) is 3.37. The Labute approximate surface area is 125 Å². The summed E-state index contributed by atoms with van der Waals surface area (Å²) >= 11 is 1.60. The van der Waals surface area contributed by atoms with E-state index in [1.807, 2.05) is 42.5 Å². The fourth-order valence-electron chi connectivity index (χ4n) is 2.77. The molecule has 4 nitrogen and oxygen atoms in total. The fourth-order valence-corrected chi connectivity index (χ4v) is 4.02. The summed E-state index contributed by atoms with van der Waals surface area (Å²) in [5.74, 6) is -0.238. The van der Waals surface area contributed by atoms with E-state index in [1.54, 1.807) is 11.8 Å². The molecule has 0 saturated carbocycles. The Kier molecular flexibility index (Phi) is 2.90. The van der Waals surface area contributed by atoms with Crippen molar-refractivity contribution in [3.63, 3.8) is 0 Å². The topological polar surface area (TPSA) is 62.5 Å². The number of hydrogen-bond donors (Lipinski definition) is 2. The molecule has 2 N–H and O–H groups in total. The number of rotatable bonds is 2. The van der Waals surface area contributed by atoms with E-state index in [2.05, 4.69) is 5.32 Å². The first-order chi connectivity index (χ1) is 10.2. The number of hydrogen-bond acceptors (Lipinski definition) is 4. The molecule has 2 atom stereocenters. The second kappa shape index (κ2) is 4.79. The summed E-state index contributed by atoms with van der Waals surface area (Å²) in [5, 5.41) is 14.4. The molecule has 1 aromatic heterocycles. The van der Waals surface area contributed by atoms with Crippen LogP contribution in [0.2, 0.25) is 0 Å². The Balaban J connectivity index is 1.84. The minimum absolute atomic E-state index is 0.0460. The molecule has 2 unspecified atom stereocenters. The number of benzene rings is 2. The Morgan fingerprint density at radius 1 is 1.19 bits per heavy atom. The second-order valence-corrected chi connectivity index (χ2v) is 6.23. The predicted molar refractivity (Wildman–Crippen MR) is 83.5 cm³/mol. The first-order valence-electron chi connectivity index (χ1n) is 6.74. The molecule has 1 aliphatic heterocycles. The molecule has 3 aromatic rings. The van der Waals surface area contributed by atoms with Crippen molar-refractivity contribution in [3.05, 3.63) is 48.0 Å². The zero-order chi connectivity index (χ0) is 14.4. The average molecular weight is 299 g/mol. The Hall–Kier alpha value is -1.98. The van der Waals surface area contributed by atoms with Gasteiger partial charge in [0, 0.05) is 22.1 Å². The molecule has 0 radical (unpaired) electrons. The van der Waals surface area contributed by atoms with Crippen LogP contribution < -0.4 is 5.32 Å². The zero-order valence-corrected chi connectivity index (χ0v) is 11.9. The van der Waals surface area contributed by atoms with Crippen LogP contribution in [0.4, 0.5) is 0 Å². The first kappa shape index (κ1) is 12.7. The second-order valence-electron chi connectivity index (χ2n) is 5.09. The largest absolute Gasteiger partial charge is 0.480 e. The van der Waals surface area contributed by atoms with Gasteiger partial charge in [-0.25, -0.2) is 0 Å². The van der Waals surface area contributed by atoms with Gasteiger partial charge in [0.2, 0.25) is 0 Å². The van der Waals surface area contributed by atoms with Gasteiger partial charge in [0.25, 0.3) is 0 Å². The molecule has 0 bridgehead atoms. The van der Waals surface area contributed by atoms with Crippen LogP contribution in [0.15, 0.2) is 46.9 Å². The summed E-state index contributed by atoms with van der Waals surface area (Å²) < 4.78 is 5.99. The highest BCUT2D eigenvalue weighted by Gasteiger charge is 2.31. The number of fused-ring (bicyclic) bond motifs is 3. The van der Waals surface area contributed by atoms with Gasteiger partial charge >= 0.3 is 5.97 Å². The third-order valence-corrected chi connectivity index (χ3v) is 5.05. The summed E-state index contributed by atoms with van der Waals surface area (Å²) in [6.07, 6.45) is 0. The molecule has 4 rings (SSSR count). The van der Waals surface area contributed by atoms with Gasteiger partial charge in [-0.3, -0.25) is 10.1 Å². The number of para-hydroxylation sites is 2. The molecule has 106 valence electrons. The minimum atomic E-state index is -0.804. The lowest BCUT2D eigenvalue weighted by Gasteiger charge is -2.11. The van der Waals surface area contributed by atoms with Gasteiger partial charge in [0.05, 0.1) is 5.37 Å². The van der Waals surface area contributed by atoms with E-state index in [4.69, 9.17) is 9.52 Å². The van der Waals surface area contributed by atoms with Crippen molar-refractivity contribution in [2.45, 2.75) is 11.4 Å². The van der Waals surface area contributed by atoms with Gasteiger partial charge < -0.3 is 9.52 Å². The third kappa shape index (κ3) is 2.01. The van der Waals surface area contributed by atoms with Crippen LogP contribution in [0.3, 0.4) is 0 Å². The van der Waals surface area contributed by atoms with E-state index >= 15 is 0 Å². The van der Waals surface area contributed by atoms with Crippen molar-refractivity contribution < 1.29 is 14.3 Å². The van der Waals surface area contributed by atoms with E-state index in [0.29, 0.717) is 5.75 Å². The zero-order valence-electron chi connectivity index (χ0n) is 11.1. The first-order valence-corrected chi connectivity index (χ1v) is 7.79. The number of aliphatic carboxylic acids is 1. The number of carbonyl (C=O) groups is 1. The van der Waals surface area contributed by atoms with Crippen molar-refractivity contribution in [1.29, 1.82) is 0 Å². The molecule has 5 heteroatoms. The summed E-state index contributed by atoms with van der Waals surface area (Å²) in [5.41, 5.74) is 2.71. The van der Waals surface area contributed by atoms with Crippen LogP contribution in [0, 0.1) is 0 Å². The molecule has 0 aliphatic carbocycles.